The van der Waals surface area contributed by atoms with Gasteiger partial charge in [-0.3, -0.25) is 9.59 Å². The van der Waals surface area contributed by atoms with Crippen LogP contribution >= 0.6 is 0 Å². The molecule has 0 aromatic heterocycles. The molecule has 1 aliphatic rings. The third-order valence-corrected chi connectivity index (χ3v) is 2.94. The topological polar surface area (TPSA) is 83.6 Å². The fourth-order valence-electron chi connectivity index (χ4n) is 1.91. The number of carboxylic acid groups (broad SMARTS) is 1. The van der Waals surface area contributed by atoms with Crippen molar-refractivity contribution >= 4 is 11.9 Å². The fourth-order valence-corrected chi connectivity index (χ4v) is 1.91. The Morgan fingerprint density at radius 3 is 2.81 bits per heavy atom. The van der Waals surface area contributed by atoms with Crippen LogP contribution in [-0.2, 0) is 9.59 Å². The number of nitrogens with two attached hydrogens (primary N) is 1. The van der Waals surface area contributed by atoms with Crippen LogP contribution in [0.15, 0.2) is 0 Å². The van der Waals surface area contributed by atoms with Crippen LogP contribution in [0.1, 0.15) is 32.6 Å². The first-order valence-electron chi connectivity index (χ1n) is 5.77. The lowest BCUT2D eigenvalue weighted by atomic mass is 9.98. The van der Waals surface area contributed by atoms with E-state index < -0.39 is 11.9 Å². The first-order valence-corrected chi connectivity index (χ1v) is 5.77. The van der Waals surface area contributed by atoms with Gasteiger partial charge in [-0.25, -0.2) is 0 Å². The quantitative estimate of drug-likeness (QED) is 0.731. The molecule has 0 aliphatic carbocycles. The zero-order chi connectivity index (χ0) is 12.1. The molecule has 0 spiro atoms. The number of amides is 1. The molecule has 1 rings (SSSR count). The van der Waals surface area contributed by atoms with E-state index in [1.165, 1.54) is 0 Å². The number of rotatable bonds is 4. The van der Waals surface area contributed by atoms with Crippen molar-refractivity contribution in [2.24, 2.45) is 11.7 Å². The highest BCUT2D eigenvalue weighted by molar-refractivity contribution is 5.78. The Morgan fingerprint density at radius 2 is 2.25 bits per heavy atom. The summed E-state index contributed by atoms with van der Waals surface area (Å²) in [4.78, 5) is 24.2. The highest BCUT2D eigenvalue weighted by atomic mass is 16.4. The van der Waals surface area contributed by atoms with Gasteiger partial charge in [0.1, 0.15) is 0 Å². The van der Waals surface area contributed by atoms with Crippen LogP contribution in [0.4, 0.5) is 0 Å². The average Bonchev–Trinajstić information content (AvgIpc) is 2.26. The maximum Gasteiger partial charge on any atom is 0.308 e. The third kappa shape index (κ3) is 3.81. The number of piperidine rings is 1. The molecule has 0 bridgehead atoms. The summed E-state index contributed by atoms with van der Waals surface area (Å²) in [5, 5.41) is 8.90. The lowest BCUT2D eigenvalue weighted by Gasteiger charge is -2.30. The molecule has 2 atom stereocenters. The number of carbonyl (C=O) groups is 2. The summed E-state index contributed by atoms with van der Waals surface area (Å²) < 4.78 is 0. The third-order valence-electron chi connectivity index (χ3n) is 2.94. The summed E-state index contributed by atoms with van der Waals surface area (Å²) in [6.07, 6.45) is 2.53. The van der Waals surface area contributed by atoms with E-state index in [0.29, 0.717) is 32.4 Å². The van der Waals surface area contributed by atoms with Gasteiger partial charge >= 0.3 is 5.97 Å². The van der Waals surface area contributed by atoms with E-state index in [0.717, 1.165) is 6.42 Å². The van der Waals surface area contributed by atoms with Gasteiger partial charge in [0.2, 0.25) is 5.91 Å². The average molecular weight is 228 g/mol. The monoisotopic (exact) mass is 228 g/mol. The van der Waals surface area contributed by atoms with Crippen molar-refractivity contribution in [1.82, 2.24) is 4.90 Å². The van der Waals surface area contributed by atoms with Gasteiger partial charge in [0.05, 0.1) is 5.92 Å². The molecule has 1 aliphatic heterocycles. The summed E-state index contributed by atoms with van der Waals surface area (Å²) in [5.74, 6) is -1.17. The number of hydrogen-bond donors (Lipinski definition) is 2. The number of likely N-dealkylation sites (tertiary alicyclic amines) is 1. The van der Waals surface area contributed by atoms with Crippen molar-refractivity contribution in [2.75, 3.05) is 13.1 Å². The summed E-state index contributed by atoms with van der Waals surface area (Å²) in [6, 6.07) is 0.0176. The Kier molecular flexibility index (Phi) is 4.73. The van der Waals surface area contributed by atoms with E-state index in [-0.39, 0.29) is 11.9 Å². The van der Waals surface area contributed by atoms with Gasteiger partial charge in [-0.15, -0.1) is 0 Å². The van der Waals surface area contributed by atoms with Crippen molar-refractivity contribution in [3.63, 3.8) is 0 Å². The normalized spacial score (nSPS) is 22.9. The summed E-state index contributed by atoms with van der Waals surface area (Å²) in [7, 11) is 0. The van der Waals surface area contributed by atoms with E-state index in [9.17, 15) is 9.59 Å². The van der Waals surface area contributed by atoms with Gasteiger partial charge < -0.3 is 15.7 Å². The minimum atomic E-state index is -0.801. The molecule has 1 fully saturated rings. The minimum Gasteiger partial charge on any atom is -0.481 e. The highest BCUT2D eigenvalue weighted by Crippen LogP contribution is 2.17. The van der Waals surface area contributed by atoms with Crippen LogP contribution in [0.25, 0.3) is 0 Å². The molecule has 0 saturated carbocycles. The molecule has 0 aromatic carbocycles. The largest absolute Gasteiger partial charge is 0.481 e. The second-order valence-corrected chi connectivity index (χ2v) is 4.53. The highest BCUT2D eigenvalue weighted by Gasteiger charge is 2.27. The van der Waals surface area contributed by atoms with E-state index in [4.69, 9.17) is 10.8 Å². The first kappa shape index (κ1) is 13.0. The molecule has 5 nitrogen and oxygen atoms in total. The van der Waals surface area contributed by atoms with Gasteiger partial charge in [-0.05, 0) is 26.2 Å². The lowest BCUT2D eigenvalue weighted by Crippen LogP contribution is -2.42. The van der Waals surface area contributed by atoms with E-state index in [2.05, 4.69) is 0 Å². The molecular formula is C11H20N2O3. The Bertz CT molecular complexity index is 266. The molecule has 0 radical (unpaired) electrons. The maximum atomic E-state index is 11.7. The van der Waals surface area contributed by atoms with Crippen LogP contribution in [0.2, 0.25) is 0 Å². The van der Waals surface area contributed by atoms with Gasteiger partial charge in [0.25, 0.3) is 0 Å². The predicted octanol–water partition coefficient (Wildman–Crippen LogP) is 0.437. The summed E-state index contributed by atoms with van der Waals surface area (Å²) in [6.45, 7) is 2.90. The predicted molar refractivity (Wildman–Crippen MR) is 59.8 cm³/mol. The zero-order valence-electron chi connectivity index (χ0n) is 9.69. The smallest absolute Gasteiger partial charge is 0.308 e. The van der Waals surface area contributed by atoms with Crippen molar-refractivity contribution in [2.45, 2.75) is 38.6 Å². The van der Waals surface area contributed by atoms with Crippen molar-refractivity contribution < 1.29 is 14.7 Å². The molecule has 1 saturated heterocycles. The van der Waals surface area contributed by atoms with Crippen LogP contribution in [-0.4, -0.2) is 41.0 Å². The van der Waals surface area contributed by atoms with Crippen molar-refractivity contribution in [3.8, 4) is 0 Å². The van der Waals surface area contributed by atoms with Crippen LogP contribution in [0.5, 0.6) is 0 Å². The number of carboxylic acids is 1. The van der Waals surface area contributed by atoms with E-state index in [1.54, 1.807) is 4.90 Å². The van der Waals surface area contributed by atoms with Gasteiger partial charge in [-0.1, -0.05) is 0 Å². The zero-order valence-corrected chi connectivity index (χ0v) is 9.69. The summed E-state index contributed by atoms with van der Waals surface area (Å²) in [5.41, 5.74) is 5.58. The molecule has 1 heterocycles. The molecular weight excluding hydrogens is 208 g/mol. The molecule has 0 aromatic rings. The standard InChI is InChI=1S/C11H20N2O3/c1-8(12)4-5-10(14)13-6-2-3-9(7-13)11(15)16/h8-9H,2-7,12H2,1H3,(H,15,16)/t8?,9-/m0/s1. The van der Waals surface area contributed by atoms with Crippen molar-refractivity contribution in [3.05, 3.63) is 0 Å². The van der Waals surface area contributed by atoms with E-state index in [1.807, 2.05) is 6.92 Å². The molecule has 92 valence electrons. The Balaban J connectivity index is 2.41. The van der Waals surface area contributed by atoms with Gasteiger partial charge in [0, 0.05) is 25.6 Å². The maximum absolute atomic E-state index is 11.7. The second-order valence-electron chi connectivity index (χ2n) is 4.53. The first-order chi connectivity index (χ1) is 7.50. The van der Waals surface area contributed by atoms with Crippen LogP contribution in [0, 0.1) is 5.92 Å². The van der Waals surface area contributed by atoms with E-state index >= 15 is 0 Å². The number of aliphatic carboxylic acids is 1. The molecule has 1 amide bonds. The van der Waals surface area contributed by atoms with Gasteiger partial charge in [0.15, 0.2) is 0 Å². The minimum absolute atomic E-state index is 0.0176. The number of nitrogens with zero attached hydrogens (tertiary/aromatic N) is 1. The molecule has 5 heteroatoms. The SMILES string of the molecule is CC(N)CCC(=O)N1CCC[C@H](C(=O)O)C1. The Labute approximate surface area is 95.6 Å². The number of hydrogen-bond acceptors (Lipinski definition) is 3. The Hall–Kier alpha value is -1.10. The molecule has 3 N–H and O–H groups in total. The van der Waals surface area contributed by atoms with Crippen LogP contribution < -0.4 is 5.73 Å². The summed E-state index contributed by atoms with van der Waals surface area (Å²) >= 11 is 0. The lowest BCUT2D eigenvalue weighted by molar-refractivity contribution is -0.145. The Morgan fingerprint density at radius 1 is 1.56 bits per heavy atom. The fraction of sp³-hybridized carbons (Fsp3) is 0.818. The molecule has 1 unspecified atom stereocenters. The van der Waals surface area contributed by atoms with Crippen LogP contribution in [0.3, 0.4) is 0 Å². The van der Waals surface area contributed by atoms with Gasteiger partial charge in [-0.2, -0.15) is 0 Å². The second kappa shape index (κ2) is 5.84. The number of carbonyl (C=O) groups excluding carboxylic acids is 1. The molecule has 16 heavy (non-hydrogen) atoms. The van der Waals surface area contributed by atoms with Crippen molar-refractivity contribution in [1.29, 1.82) is 0 Å².